The highest BCUT2D eigenvalue weighted by atomic mass is 19.4. The summed E-state index contributed by atoms with van der Waals surface area (Å²) >= 11 is 0. The summed E-state index contributed by atoms with van der Waals surface area (Å²) in [5.74, 6) is -0.542. The van der Waals surface area contributed by atoms with E-state index in [9.17, 15) is 17.6 Å². The van der Waals surface area contributed by atoms with Crippen LogP contribution in [0, 0.1) is 5.82 Å². The predicted octanol–water partition coefficient (Wildman–Crippen LogP) is 3.81. The lowest BCUT2D eigenvalue weighted by molar-refractivity contribution is -0.140. The molecule has 2 aromatic rings. The Hall–Kier alpha value is -1.89. The van der Waals surface area contributed by atoms with E-state index in [-0.39, 0.29) is 12.6 Å². The highest BCUT2D eigenvalue weighted by Crippen LogP contribution is 2.32. The summed E-state index contributed by atoms with van der Waals surface area (Å²) in [4.78, 5) is 7.07. The maximum Gasteiger partial charge on any atom is 0.419 e. The molecule has 0 saturated carbocycles. The van der Waals surface area contributed by atoms with Crippen LogP contribution >= 0.6 is 0 Å². The second kappa shape index (κ2) is 6.26. The van der Waals surface area contributed by atoms with Crippen LogP contribution in [0.25, 0.3) is 0 Å². The van der Waals surface area contributed by atoms with Gasteiger partial charge in [0.25, 0.3) is 0 Å². The summed E-state index contributed by atoms with van der Waals surface area (Å²) < 4.78 is 51.1. The van der Waals surface area contributed by atoms with Crippen LogP contribution in [0.4, 0.5) is 17.6 Å². The molecule has 0 aliphatic heterocycles. The lowest BCUT2D eigenvalue weighted by atomic mass is 10.1. The molecule has 114 valence electrons. The third-order valence-electron chi connectivity index (χ3n) is 3.15. The van der Waals surface area contributed by atoms with Gasteiger partial charge in [0.05, 0.1) is 11.6 Å². The van der Waals surface area contributed by atoms with Crippen molar-refractivity contribution in [3.8, 4) is 0 Å². The Balaban J connectivity index is 2.10. The summed E-state index contributed by atoms with van der Waals surface area (Å²) in [7, 11) is 0. The topological polar surface area (TPSA) is 40.7 Å². The first-order valence-corrected chi connectivity index (χ1v) is 6.50. The minimum Gasteiger partial charge on any atom is -0.347 e. The van der Waals surface area contributed by atoms with Crippen molar-refractivity contribution >= 4 is 0 Å². The lowest BCUT2D eigenvalue weighted by Gasteiger charge is -2.16. The second-order valence-corrected chi connectivity index (χ2v) is 4.63. The molecule has 1 heterocycles. The smallest absolute Gasteiger partial charge is 0.347 e. The monoisotopic (exact) mass is 301 g/mol. The molecule has 1 atom stereocenters. The largest absolute Gasteiger partial charge is 0.419 e. The van der Waals surface area contributed by atoms with Crippen LogP contribution in [-0.2, 0) is 12.7 Å². The van der Waals surface area contributed by atoms with E-state index in [2.05, 4.69) is 15.3 Å². The molecule has 0 spiro atoms. The van der Waals surface area contributed by atoms with Crippen LogP contribution in [0.15, 0.2) is 30.6 Å². The van der Waals surface area contributed by atoms with Gasteiger partial charge in [-0.1, -0.05) is 13.0 Å². The van der Waals surface area contributed by atoms with Crippen molar-refractivity contribution in [1.82, 2.24) is 15.3 Å². The molecule has 0 radical (unpaired) electrons. The van der Waals surface area contributed by atoms with Gasteiger partial charge in [0.1, 0.15) is 11.6 Å². The average Bonchev–Trinajstić information content (AvgIpc) is 2.94. The zero-order valence-electron chi connectivity index (χ0n) is 11.3. The number of H-pyrrole nitrogens is 1. The zero-order valence-corrected chi connectivity index (χ0v) is 11.3. The molecular weight excluding hydrogens is 286 g/mol. The maximum absolute atomic E-state index is 13.2. The van der Waals surface area contributed by atoms with E-state index < -0.39 is 17.6 Å². The van der Waals surface area contributed by atoms with Gasteiger partial charge in [0.15, 0.2) is 0 Å². The number of aromatic amines is 1. The first-order valence-electron chi connectivity index (χ1n) is 6.50. The van der Waals surface area contributed by atoms with Gasteiger partial charge >= 0.3 is 6.18 Å². The van der Waals surface area contributed by atoms with Crippen molar-refractivity contribution in [2.45, 2.75) is 32.1 Å². The van der Waals surface area contributed by atoms with E-state index in [1.165, 1.54) is 6.07 Å². The molecule has 7 heteroatoms. The van der Waals surface area contributed by atoms with Crippen molar-refractivity contribution in [2.24, 2.45) is 0 Å². The van der Waals surface area contributed by atoms with Gasteiger partial charge in [0, 0.05) is 18.9 Å². The summed E-state index contributed by atoms with van der Waals surface area (Å²) in [6.45, 7) is 2.13. The molecule has 2 N–H and O–H groups in total. The average molecular weight is 301 g/mol. The standard InChI is InChI=1S/C14H15F4N3/c1-2-12(13-19-5-6-20-13)21-8-9-3-4-11(15)10(7-9)14(16,17)18/h3-7,12,21H,2,8H2,1H3,(H,19,20). The second-order valence-electron chi connectivity index (χ2n) is 4.63. The number of halogens is 4. The van der Waals surface area contributed by atoms with Crippen LogP contribution in [-0.4, -0.2) is 9.97 Å². The number of imidazole rings is 1. The maximum atomic E-state index is 13.2. The minimum atomic E-state index is -4.69. The molecule has 0 aliphatic carbocycles. The van der Waals surface area contributed by atoms with Gasteiger partial charge in [-0.25, -0.2) is 9.37 Å². The molecule has 0 aliphatic rings. The van der Waals surface area contributed by atoms with Crippen LogP contribution in [0.5, 0.6) is 0 Å². The van der Waals surface area contributed by atoms with Crippen LogP contribution in [0.3, 0.4) is 0 Å². The Labute approximate surface area is 119 Å². The van der Waals surface area contributed by atoms with Crippen molar-refractivity contribution in [1.29, 1.82) is 0 Å². The molecule has 0 fully saturated rings. The molecule has 1 aromatic carbocycles. The Kier molecular flexibility index (Phi) is 4.62. The van der Waals surface area contributed by atoms with Gasteiger partial charge in [-0.2, -0.15) is 13.2 Å². The fourth-order valence-electron chi connectivity index (χ4n) is 2.04. The van der Waals surface area contributed by atoms with Gasteiger partial charge in [-0.05, 0) is 24.1 Å². The number of rotatable bonds is 5. The van der Waals surface area contributed by atoms with Crippen LogP contribution in [0.2, 0.25) is 0 Å². The molecule has 1 unspecified atom stereocenters. The van der Waals surface area contributed by atoms with E-state index in [0.717, 1.165) is 24.4 Å². The Morgan fingerprint density at radius 3 is 2.67 bits per heavy atom. The SMILES string of the molecule is CCC(NCc1ccc(F)c(C(F)(F)F)c1)c1ncc[nH]1. The number of alkyl halides is 3. The number of nitrogens with zero attached hydrogens (tertiary/aromatic N) is 1. The highest BCUT2D eigenvalue weighted by molar-refractivity contribution is 5.27. The van der Waals surface area contributed by atoms with Crippen molar-refractivity contribution in [3.63, 3.8) is 0 Å². The van der Waals surface area contributed by atoms with E-state index in [4.69, 9.17) is 0 Å². The number of benzene rings is 1. The molecule has 2 rings (SSSR count). The first kappa shape index (κ1) is 15.5. The molecular formula is C14H15F4N3. The fraction of sp³-hybridized carbons (Fsp3) is 0.357. The number of hydrogen-bond donors (Lipinski definition) is 2. The quantitative estimate of drug-likeness (QED) is 0.825. The molecule has 0 saturated heterocycles. The van der Waals surface area contributed by atoms with E-state index in [0.29, 0.717) is 5.56 Å². The normalized spacial score (nSPS) is 13.4. The summed E-state index contributed by atoms with van der Waals surface area (Å²) in [5, 5.41) is 3.10. The fourth-order valence-corrected chi connectivity index (χ4v) is 2.04. The van der Waals surface area contributed by atoms with Crippen molar-refractivity contribution < 1.29 is 17.6 Å². The van der Waals surface area contributed by atoms with Crippen molar-refractivity contribution in [3.05, 3.63) is 53.4 Å². The third-order valence-corrected chi connectivity index (χ3v) is 3.15. The predicted molar refractivity (Wildman–Crippen MR) is 69.9 cm³/mol. The molecule has 0 amide bonds. The van der Waals surface area contributed by atoms with Gasteiger partial charge < -0.3 is 10.3 Å². The van der Waals surface area contributed by atoms with Gasteiger partial charge in [-0.15, -0.1) is 0 Å². The number of hydrogen-bond acceptors (Lipinski definition) is 2. The first-order chi connectivity index (χ1) is 9.91. The van der Waals surface area contributed by atoms with E-state index >= 15 is 0 Å². The molecule has 3 nitrogen and oxygen atoms in total. The number of nitrogens with one attached hydrogen (secondary N) is 2. The van der Waals surface area contributed by atoms with Crippen LogP contribution < -0.4 is 5.32 Å². The molecule has 21 heavy (non-hydrogen) atoms. The van der Waals surface area contributed by atoms with Crippen molar-refractivity contribution in [2.75, 3.05) is 0 Å². The zero-order chi connectivity index (χ0) is 15.5. The minimum absolute atomic E-state index is 0.0978. The lowest BCUT2D eigenvalue weighted by Crippen LogP contribution is -2.21. The van der Waals surface area contributed by atoms with E-state index in [1.54, 1.807) is 12.4 Å². The van der Waals surface area contributed by atoms with Gasteiger partial charge in [-0.3, -0.25) is 0 Å². The van der Waals surface area contributed by atoms with Crippen LogP contribution in [0.1, 0.15) is 36.3 Å². The number of aromatic nitrogens is 2. The summed E-state index contributed by atoms with van der Waals surface area (Å²) in [5.41, 5.74) is -0.874. The molecule has 1 aromatic heterocycles. The Morgan fingerprint density at radius 1 is 1.33 bits per heavy atom. The summed E-state index contributed by atoms with van der Waals surface area (Å²) in [6, 6.07) is 2.91. The Bertz CT molecular complexity index is 578. The van der Waals surface area contributed by atoms with Gasteiger partial charge in [0.2, 0.25) is 0 Å². The van der Waals surface area contributed by atoms with E-state index in [1.807, 2.05) is 6.92 Å². The summed E-state index contributed by atoms with van der Waals surface area (Å²) in [6.07, 6.45) is -0.676. The highest BCUT2D eigenvalue weighted by Gasteiger charge is 2.34. The molecule has 0 bridgehead atoms. The Morgan fingerprint density at radius 2 is 2.10 bits per heavy atom. The third kappa shape index (κ3) is 3.81.